The number of amides is 2. The summed E-state index contributed by atoms with van der Waals surface area (Å²) in [7, 11) is 1.73. The maximum Gasteiger partial charge on any atom is 0.315 e. The van der Waals surface area contributed by atoms with E-state index in [4.69, 9.17) is 16.3 Å². The normalized spacial score (nSPS) is 17.2. The number of carbonyl (C=O) groups excluding carboxylic acids is 1. The lowest BCUT2D eigenvalue weighted by Gasteiger charge is -2.35. The van der Waals surface area contributed by atoms with Gasteiger partial charge in [-0.15, -0.1) is 0 Å². The van der Waals surface area contributed by atoms with Gasteiger partial charge in [0.15, 0.2) is 0 Å². The van der Waals surface area contributed by atoms with Crippen molar-refractivity contribution in [2.24, 2.45) is 0 Å². The number of benzene rings is 1. The largest absolute Gasteiger partial charge is 0.376 e. The molecule has 0 spiro atoms. The van der Waals surface area contributed by atoms with E-state index in [1.54, 1.807) is 7.11 Å². The number of methoxy groups -OCH3 is 1. The Morgan fingerprint density at radius 2 is 1.95 bits per heavy atom. The van der Waals surface area contributed by atoms with Crippen molar-refractivity contribution in [3.05, 3.63) is 34.9 Å². The zero-order valence-corrected chi connectivity index (χ0v) is 13.7. The molecule has 1 heterocycles. The lowest BCUT2D eigenvalue weighted by Crippen LogP contribution is -2.49. The molecule has 2 amide bonds. The summed E-state index contributed by atoms with van der Waals surface area (Å²) in [6.07, 6.45) is 1.96. The first-order valence-electron chi connectivity index (χ1n) is 7.03. The zero-order valence-electron chi connectivity index (χ0n) is 12.2. The average molecular weight is 329 g/mol. The number of thioether (sulfide) groups is 1. The maximum absolute atomic E-state index is 11.9. The van der Waals surface area contributed by atoms with E-state index in [1.165, 1.54) is 0 Å². The molecule has 21 heavy (non-hydrogen) atoms. The lowest BCUT2D eigenvalue weighted by atomic mass is 9.96. The molecule has 0 saturated carbocycles. The molecule has 4 nitrogen and oxygen atoms in total. The van der Waals surface area contributed by atoms with Crippen molar-refractivity contribution in [3.8, 4) is 0 Å². The van der Waals surface area contributed by atoms with E-state index < -0.39 is 0 Å². The minimum absolute atomic E-state index is 0.167. The van der Waals surface area contributed by atoms with E-state index in [1.807, 2.05) is 36.0 Å². The van der Waals surface area contributed by atoms with Crippen molar-refractivity contribution in [1.82, 2.24) is 10.6 Å². The third kappa shape index (κ3) is 5.09. The van der Waals surface area contributed by atoms with E-state index in [-0.39, 0.29) is 11.6 Å². The monoisotopic (exact) mass is 328 g/mol. The van der Waals surface area contributed by atoms with Crippen LogP contribution in [0.1, 0.15) is 18.4 Å². The number of carbonyl (C=O) groups is 1. The number of ether oxygens (including phenoxy) is 1. The van der Waals surface area contributed by atoms with Crippen LogP contribution in [0.5, 0.6) is 0 Å². The molecule has 2 rings (SSSR count). The Balaban J connectivity index is 1.75. The smallest absolute Gasteiger partial charge is 0.315 e. The topological polar surface area (TPSA) is 50.4 Å². The van der Waals surface area contributed by atoms with E-state index in [0.29, 0.717) is 18.1 Å². The molecule has 1 aromatic rings. The minimum atomic E-state index is -0.205. The van der Waals surface area contributed by atoms with Crippen LogP contribution in [0.2, 0.25) is 5.02 Å². The molecule has 0 bridgehead atoms. The van der Waals surface area contributed by atoms with Crippen LogP contribution in [0, 0.1) is 0 Å². The predicted molar refractivity (Wildman–Crippen MR) is 88.0 cm³/mol. The fourth-order valence-electron chi connectivity index (χ4n) is 2.28. The first-order valence-corrected chi connectivity index (χ1v) is 8.56. The number of urea groups is 1. The summed E-state index contributed by atoms with van der Waals surface area (Å²) in [5, 5.41) is 6.46. The molecule has 1 fully saturated rings. The van der Waals surface area contributed by atoms with Crippen molar-refractivity contribution < 1.29 is 9.53 Å². The Kier molecular flexibility index (Phi) is 6.21. The van der Waals surface area contributed by atoms with Gasteiger partial charge in [-0.2, -0.15) is 11.8 Å². The number of hydrogen-bond acceptors (Lipinski definition) is 3. The summed E-state index contributed by atoms with van der Waals surface area (Å²) in [5.74, 6) is 2.17. The van der Waals surface area contributed by atoms with Crippen LogP contribution >= 0.6 is 23.4 Å². The van der Waals surface area contributed by atoms with Crippen LogP contribution in [0.3, 0.4) is 0 Å². The van der Waals surface area contributed by atoms with Gasteiger partial charge in [-0.1, -0.05) is 23.7 Å². The zero-order chi connectivity index (χ0) is 15.1. The van der Waals surface area contributed by atoms with E-state index in [9.17, 15) is 4.79 Å². The second-order valence-corrected chi connectivity index (χ2v) is 6.82. The Bertz CT molecular complexity index is 461. The van der Waals surface area contributed by atoms with Crippen LogP contribution in [0.15, 0.2) is 24.3 Å². The summed E-state index contributed by atoms with van der Waals surface area (Å²) in [6.45, 7) is 1.04. The van der Waals surface area contributed by atoms with Gasteiger partial charge in [0, 0.05) is 25.2 Å². The van der Waals surface area contributed by atoms with Gasteiger partial charge in [0.1, 0.15) is 0 Å². The minimum Gasteiger partial charge on any atom is -0.376 e. The summed E-state index contributed by atoms with van der Waals surface area (Å²) in [4.78, 5) is 11.9. The van der Waals surface area contributed by atoms with Crippen molar-refractivity contribution in [1.29, 1.82) is 0 Å². The molecule has 0 unspecified atom stereocenters. The third-order valence-electron chi connectivity index (χ3n) is 3.77. The van der Waals surface area contributed by atoms with Crippen LogP contribution in [-0.2, 0) is 11.3 Å². The number of hydrogen-bond donors (Lipinski definition) is 2. The highest BCUT2D eigenvalue weighted by Gasteiger charge is 2.32. The molecule has 1 aliphatic rings. The Morgan fingerprint density at radius 3 is 2.57 bits per heavy atom. The molecular formula is C15H21ClN2O2S. The molecule has 0 aliphatic carbocycles. The fraction of sp³-hybridized carbons (Fsp3) is 0.533. The standard InChI is InChI=1S/C15H21ClN2O2S/c1-20-15(6-8-21-9-7-15)11-18-14(19)17-10-12-2-4-13(16)5-3-12/h2-5H,6-11H2,1H3,(H2,17,18,19). The Hall–Kier alpha value is -0.910. The summed E-state index contributed by atoms with van der Waals surface area (Å²) < 4.78 is 5.63. The van der Waals surface area contributed by atoms with Gasteiger partial charge in [0.05, 0.1) is 5.60 Å². The highest BCUT2D eigenvalue weighted by Crippen LogP contribution is 2.29. The van der Waals surface area contributed by atoms with Crippen LogP contribution in [0.4, 0.5) is 4.79 Å². The van der Waals surface area contributed by atoms with Crippen LogP contribution in [-0.4, -0.2) is 36.8 Å². The molecule has 2 N–H and O–H groups in total. The van der Waals surface area contributed by atoms with Crippen molar-refractivity contribution in [3.63, 3.8) is 0 Å². The molecule has 0 aromatic heterocycles. The van der Waals surface area contributed by atoms with E-state index in [2.05, 4.69) is 10.6 Å². The number of nitrogens with one attached hydrogen (secondary N) is 2. The lowest BCUT2D eigenvalue weighted by molar-refractivity contribution is -0.0137. The van der Waals surface area contributed by atoms with Gasteiger partial charge >= 0.3 is 6.03 Å². The molecule has 1 saturated heterocycles. The highest BCUT2D eigenvalue weighted by atomic mass is 35.5. The molecule has 0 radical (unpaired) electrons. The second-order valence-electron chi connectivity index (χ2n) is 5.16. The van der Waals surface area contributed by atoms with Gasteiger partial charge in [0.25, 0.3) is 0 Å². The third-order valence-corrected chi connectivity index (χ3v) is 5.01. The Labute approximate surface area is 135 Å². The highest BCUT2D eigenvalue weighted by molar-refractivity contribution is 7.99. The first kappa shape index (κ1) is 16.5. The maximum atomic E-state index is 11.9. The quantitative estimate of drug-likeness (QED) is 0.873. The van der Waals surface area contributed by atoms with Crippen molar-refractivity contribution >= 4 is 29.4 Å². The number of rotatable bonds is 5. The van der Waals surface area contributed by atoms with Gasteiger partial charge < -0.3 is 15.4 Å². The molecule has 6 heteroatoms. The van der Waals surface area contributed by atoms with Gasteiger partial charge in [-0.05, 0) is 42.0 Å². The van der Waals surface area contributed by atoms with Crippen molar-refractivity contribution in [2.75, 3.05) is 25.2 Å². The van der Waals surface area contributed by atoms with Crippen LogP contribution in [0.25, 0.3) is 0 Å². The van der Waals surface area contributed by atoms with Gasteiger partial charge in [0.2, 0.25) is 0 Å². The molecule has 1 aliphatic heterocycles. The summed E-state index contributed by atoms with van der Waals surface area (Å²) in [6, 6.07) is 7.26. The molecular weight excluding hydrogens is 308 g/mol. The summed E-state index contributed by atoms with van der Waals surface area (Å²) in [5.41, 5.74) is 0.813. The predicted octanol–water partition coefficient (Wildman–Crippen LogP) is 3.05. The fourth-order valence-corrected chi connectivity index (χ4v) is 3.65. The van der Waals surface area contributed by atoms with Gasteiger partial charge in [-0.3, -0.25) is 0 Å². The Morgan fingerprint density at radius 1 is 1.29 bits per heavy atom. The van der Waals surface area contributed by atoms with E-state index >= 15 is 0 Å². The molecule has 116 valence electrons. The average Bonchev–Trinajstić information content (AvgIpc) is 2.53. The molecule has 1 aromatic carbocycles. The first-order chi connectivity index (χ1) is 10.1. The SMILES string of the molecule is COC1(CNC(=O)NCc2ccc(Cl)cc2)CCSCC1. The van der Waals surface area contributed by atoms with Gasteiger partial charge in [-0.25, -0.2) is 4.79 Å². The summed E-state index contributed by atoms with van der Waals surface area (Å²) >= 11 is 7.76. The van der Waals surface area contributed by atoms with Crippen LogP contribution < -0.4 is 10.6 Å². The van der Waals surface area contributed by atoms with Crippen molar-refractivity contribution in [2.45, 2.75) is 25.0 Å². The number of halogens is 1. The molecule has 0 atom stereocenters. The second kappa shape index (κ2) is 7.92. The van der Waals surface area contributed by atoms with E-state index in [0.717, 1.165) is 29.9 Å².